The second-order valence-electron chi connectivity index (χ2n) is 6.56. The minimum atomic E-state index is -4.09. The second-order valence-corrected chi connectivity index (χ2v) is 8.12. The van der Waals surface area contributed by atoms with Crippen LogP contribution in [0.15, 0.2) is 47.4 Å². The Morgan fingerprint density at radius 1 is 1.22 bits per heavy atom. The van der Waals surface area contributed by atoms with Gasteiger partial charge in [0.1, 0.15) is 23.8 Å². The highest BCUT2D eigenvalue weighted by molar-refractivity contribution is 7.89. The average Bonchev–Trinajstić information content (AvgIpc) is 2.53. The summed E-state index contributed by atoms with van der Waals surface area (Å²) in [7, 11) is -4.09. The van der Waals surface area contributed by atoms with Crippen LogP contribution >= 0.6 is 0 Å². The average molecular weight is 398 g/mol. The van der Waals surface area contributed by atoms with E-state index in [1.807, 2.05) is 0 Å². The van der Waals surface area contributed by atoms with Crippen LogP contribution in [0, 0.1) is 5.82 Å². The van der Waals surface area contributed by atoms with E-state index in [-0.39, 0.29) is 34.9 Å². The summed E-state index contributed by atoms with van der Waals surface area (Å²) < 4.78 is 55.8. The number of hydrogen-bond donors (Lipinski definition) is 2. The summed E-state index contributed by atoms with van der Waals surface area (Å²) in [5.41, 5.74) is -1.38. The van der Waals surface area contributed by atoms with Gasteiger partial charge in [0, 0.05) is 17.8 Å². The van der Waals surface area contributed by atoms with E-state index in [0.29, 0.717) is 0 Å². The second kappa shape index (κ2) is 8.01. The van der Waals surface area contributed by atoms with Gasteiger partial charge >= 0.3 is 0 Å². The Balaban J connectivity index is 2.24. The number of halogens is 2. The van der Waals surface area contributed by atoms with Gasteiger partial charge in [-0.1, -0.05) is 18.2 Å². The zero-order valence-electron chi connectivity index (χ0n) is 14.8. The number of nitrogens with one attached hydrogen (secondary N) is 1. The molecule has 0 aliphatic carbocycles. The van der Waals surface area contributed by atoms with E-state index in [9.17, 15) is 22.0 Å². The number of primary sulfonamides is 1. The van der Waals surface area contributed by atoms with Gasteiger partial charge in [0.25, 0.3) is 0 Å². The SMILES string of the molecule is CC(C)(F)COc1cc(NC(=O)Cc2ccccc2F)cc(S(N)(=O)=O)c1. The molecule has 1 amide bonds. The number of rotatable bonds is 7. The van der Waals surface area contributed by atoms with Gasteiger partial charge in [-0.05, 0) is 31.5 Å². The molecule has 0 aliphatic heterocycles. The molecule has 0 unspecified atom stereocenters. The number of carbonyl (C=O) groups is 1. The van der Waals surface area contributed by atoms with Crippen molar-refractivity contribution in [1.29, 1.82) is 0 Å². The van der Waals surface area contributed by atoms with E-state index in [2.05, 4.69) is 5.32 Å². The monoisotopic (exact) mass is 398 g/mol. The number of hydrogen-bond acceptors (Lipinski definition) is 4. The Hall–Kier alpha value is -2.52. The minimum absolute atomic E-state index is 0.0217. The quantitative estimate of drug-likeness (QED) is 0.749. The van der Waals surface area contributed by atoms with Crippen LogP contribution in [0.1, 0.15) is 19.4 Å². The molecule has 0 saturated carbocycles. The van der Waals surface area contributed by atoms with Gasteiger partial charge in [-0.25, -0.2) is 22.3 Å². The van der Waals surface area contributed by atoms with E-state index in [1.54, 1.807) is 6.07 Å². The molecule has 0 radical (unpaired) electrons. The molecule has 0 aromatic heterocycles. The maximum absolute atomic E-state index is 13.7. The number of amides is 1. The molecule has 0 fully saturated rings. The standard InChI is InChI=1S/C18H20F2N2O4S/c1-18(2,20)11-26-14-8-13(9-15(10-14)27(21,24)25)22-17(23)7-12-5-3-4-6-16(12)19/h3-6,8-10H,7,11H2,1-2H3,(H,22,23)(H2,21,24,25). The van der Waals surface area contributed by atoms with Crippen LogP contribution in [0.25, 0.3) is 0 Å². The van der Waals surface area contributed by atoms with Crippen molar-refractivity contribution >= 4 is 21.6 Å². The van der Waals surface area contributed by atoms with Crippen molar-refractivity contribution in [2.24, 2.45) is 5.14 Å². The molecular weight excluding hydrogens is 378 g/mol. The highest BCUT2D eigenvalue weighted by Gasteiger charge is 2.18. The number of benzene rings is 2. The number of anilines is 1. The predicted molar refractivity (Wildman–Crippen MR) is 97.2 cm³/mol. The molecule has 6 nitrogen and oxygen atoms in total. The third kappa shape index (κ3) is 6.61. The molecule has 146 valence electrons. The zero-order chi connectivity index (χ0) is 20.2. The summed E-state index contributed by atoms with van der Waals surface area (Å²) in [6, 6.07) is 9.40. The van der Waals surface area contributed by atoms with Crippen molar-refractivity contribution < 1.29 is 26.7 Å². The molecule has 3 N–H and O–H groups in total. The lowest BCUT2D eigenvalue weighted by atomic mass is 10.1. The molecule has 9 heteroatoms. The normalized spacial score (nSPS) is 11.9. The largest absolute Gasteiger partial charge is 0.490 e. The number of sulfonamides is 1. The number of alkyl halides is 1. The van der Waals surface area contributed by atoms with E-state index in [1.165, 1.54) is 38.1 Å². The van der Waals surface area contributed by atoms with Gasteiger partial charge < -0.3 is 10.1 Å². The Morgan fingerprint density at radius 2 is 1.89 bits per heavy atom. The van der Waals surface area contributed by atoms with Crippen LogP contribution in [0.2, 0.25) is 0 Å². The van der Waals surface area contributed by atoms with Crippen molar-refractivity contribution in [3.63, 3.8) is 0 Å². The topological polar surface area (TPSA) is 98.5 Å². The van der Waals surface area contributed by atoms with Crippen LogP contribution in [0.4, 0.5) is 14.5 Å². The molecule has 2 aromatic carbocycles. The molecule has 0 saturated heterocycles. The Bertz CT molecular complexity index is 941. The Morgan fingerprint density at radius 3 is 2.48 bits per heavy atom. The number of carbonyl (C=O) groups excluding carboxylic acids is 1. The van der Waals surface area contributed by atoms with Gasteiger partial charge in [-0.3, -0.25) is 4.79 Å². The lowest BCUT2D eigenvalue weighted by molar-refractivity contribution is -0.115. The molecule has 0 bridgehead atoms. The van der Waals surface area contributed by atoms with Gasteiger partial charge in [-0.2, -0.15) is 0 Å². The Kier molecular flexibility index (Phi) is 6.17. The predicted octanol–water partition coefficient (Wildman–Crippen LogP) is 2.78. The van der Waals surface area contributed by atoms with Crippen LogP contribution in [0.3, 0.4) is 0 Å². The highest BCUT2D eigenvalue weighted by Crippen LogP contribution is 2.25. The van der Waals surface area contributed by atoms with E-state index >= 15 is 0 Å². The first kappa shape index (κ1) is 20.8. The van der Waals surface area contributed by atoms with Crippen LogP contribution in [-0.4, -0.2) is 26.6 Å². The summed E-state index contributed by atoms with van der Waals surface area (Å²) in [5, 5.41) is 7.60. The van der Waals surface area contributed by atoms with E-state index < -0.39 is 27.4 Å². The van der Waals surface area contributed by atoms with Gasteiger partial charge in [0.2, 0.25) is 15.9 Å². The lowest BCUT2D eigenvalue weighted by Gasteiger charge is -2.16. The maximum Gasteiger partial charge on any atom is 0.238 e. The summed E-state index contributed by atoms with van der Waals surface area (Å²) in [4.78, 5) is 11.9. The van der Waals surface area contributed by atoms with Crippen molar-refractivity contribution in [3.05, 3.63) is 53.8 Å². The number of ether oxygens (including phenoxy) is 1. The summed E-state index contributed by atoms with van der Waals surface area (Å²) in [5.74, 6) is -1.07. The van der Waals surface area contributed by atoms with Crippen molar-refractivity contribution in [2.45, 2.75) is 30.8 Å². The highest BCUT2D eigenvalue weighted by atomic mass is 32.2. The first-order valence-electron chi connectivity index (χ1n) is 7.97. The van der Waals surface area contributed by atoms with Crippen LogP contribution < -0.4 is 15.2 Å². The molecule has 27 heavy (non-hydrogen) atoms. The van der Waals surface area contributed by atoms with Gasteiger partial charge in [-0.15, -0.1) is 0 Å². The zero-order valence-corrected chi connectivity index (χ0v) is 15.6. The van der Waals surface area contributed by atoms with Crippen LogP contribution in [-0.2, 0) is 21.2 Å². The van der Waals surface area contributed by atoms with Gasteiger partial charge in [0.05, 0.1) is 11.3 Å². The molecule has 0 heterocycles. The van der Waals surface area contributed by atoms with Gasteiger partial charge in [0.15, 0.2) is 0 Å². The molecular formula is C18H20F2N2O4S. The molecule has 0 atom stereocenters. The van der Waals surface area contributed by atoms with Crippen molar-refractivity contribution in [1.82, 2.24) is 0 Å². The van der Waals surface area contributed by atoms with Crippen molar-refractivity contribution in [3.8, 4) is 5.75 Å². The molecule has 0 aliphatic rings. The summed E-state index contributed by atoms with van der Waals surface area (Å²) >= 11 is 0. The third-order valence-electron chi connectivity index (χ3n) is 3.38. The van der Waals surface area contributed by atoms with Crippen LogP contribution in [0.5, 0.6) is 5.75 Å². The smallest absolute Gasteiger partial charge is 0.238 e. The minimum Gasteiger partial charge on any atom is -0.490 e. The molecule has 2 aromatic rings. The fourth-order valence-corrected chi connectivity index (χ4v) is 2.74. The summed E-state index contributed by atoms with van der Waals surface area (Å²) in [6.07, 6.45) is -0.250. The molecule has 0 spiro atoms. The first-order valence-corrected chi connectivity index (χ1v) is 9.51. The fraction of sp³-hybridized carbons (Fsp3) is 0.278. The van der Waals surface area contributed by atoms with E-state index in [4.69, 9.17) is 9.88 Å². The number of nitrogens with two attached hydrogens (primary N) is 1. The molecule has 2 rings (SSSR count). The third-order valence-corrected chi connectivity index (χ3v) is 4.28. The fourth-order valence-electron chi connectivity index (χ4n) is 2.17. The van der Waals surface area contributed by atoms with Crippen molar-refractivity contribution in [2.75, 3.05) is 11.9 Å². The maximum atomic E-state index is 13.7. The summed E-state index contributed by atoms with van der Waals surface area (Å²) in [6.45, 7) is 2.27. The lowest BCUT2D eigenvalue weighted by Crippen LogP contribution is -2.23. The first-order chi connectivity index (χ1) is 12.4. The van der Waals surface area contributed by atoms with E-state index in [0.717, 1.165) is 12.1 Å². The Labute approximate surface area is 156 Å².